The van der Waals surface area contributed by atoms with Gasteiger partial charge in [0.1, 0.15) is 11.2 Å². The van der Waals surface area contributed by atoms with E-state index in [1.165, 1.54) is 20.5 Å². The number of thiophene rings is 1. The number of rotatable bonds is 2. The van der Waals surface area contributed by atoms with E-state index in [1.807, 2.05) is 50.3 Å². The van der Waals surface area contributed by atoms with Gasteiger partial charge in [-0.05, 0) is 72.5 Å². The van der Waals surface area contributed by atoms with Crippen molar-refractivity contribution in [1.29, 1.82) is 0 Å². The number of furan rings is 1. The molecule has 29 heavy (non-hydrogen) atoms. The molecule has 0 saturated carbocycles. The number of fused-ring (bicyclic) bond motifs is 4. The van der Waals surface area contributed by atoms with Crippen LogP contribution in [0.1, 0.15) is 39.5 Å². The minimum Gasteiger partial charge on any atom is -0.455 e. The molecule has 3 heterocycles. The zero-order valence-corrected chi connectivity index (χ0v) is 18.2. The Bertz CT molecular complexity index is 1470. The molecule has 0 atom stereocenters. The van der Waals surface area contributed by atoms with Crippen LogP contribution in [0.25, 0.3) is 43.3 Å². The third-order valence-electron chi connectivity index (χ3n) is 5.35. The Hall–Kier alpha value is -2.65. The summed E-state index contributed by atoms with van der Waals surface area (Å²) in [7, 11) is 0. The van der Waals surface area contributed by atoms with Crippen molar-refractivity contribution >= 4 is 43.4 Å². The molecular weight excluding hydrogens is 374 g/mol. The van der Waals surface area contributed by atoms with Crippen molar-refractivity contribution < 1.29 is 7.16 Å². The van der Waals surface area contributed by atoms with E-state index in [0.29, 0.717) is 5.56 Å². The first-order valence-corrected chi connectivity index (χ1v) is 10.7. The van der Waals surface area contributed by atoms with E-state index in [0.717, 1.165) is 33.2 Å². The highest BCUT2D eigenvalue weighted by Crippen LogP contribution is 2.40. The highest BCUT2D eigenvalue weighted by Gasteiger charge is 2.17. The van der Waals surface area contributed by atoms with Crippen LogP contribution in [0.15, 0.2) is 53.1 Å². The number of aryl methyl sites for hydroxylation is 2. The highest BCUT2D eigenvalue weighted by atomic mass is 32.1. The average molecular weight is 402 g/mol. The molecule has 0 aliphatic carbocycles. The van der Waals surface area contributed by atoms with Crippen LogP contribution in [-0.2, 0) is 6.37 Å². The maximum Gasteiger partial charge on any atom is 0.144 e. The van der Waals surface area contributed by atoms with Gasteiger partial charge >= 0.3 is 0 Å². The van der Waals surface area contributed by atoms with Crippen molar-refractivity contribution in [3.63, 3.8) is 0 Å². The lowest BCUT2D eigenvalue weighted by Crippen LogP contribution is -2.09. The van der Waals surface area contributed by atoms with Gasteiger partial charge in [-0.25, -0.2) is 0 Å². The standard InChI is InChI=1S/C26H25NOS/c1-15-16(2)29-24-13-21-18-7-6-8-19(25(18)28-23(21)12-20(15)24)22-11-17(9-10-27-22)14-26(3,4)5/h6-13H,14H2,1-5H3/i14D2. The highest BCUT2D eigenvalue weighted by molar-refractivity contribution is 7.19. The zero-order chi connectivity index (χ0) is 22.1. The molecule has 2 aromatic carbocycles. The number of para-hydroxylation sites is 1. The van der Waals surface area contributed by atoms with Crippen LogP contribution < -0.4 is 0 Å². The molecule has 0 bridgehead atoms. The van der Waals surface area contributed by atoms with Gasteiger partial charge in [0.25, 0.3) is 0 Å². The lowest BCUT2D eigenvalue weighted by molar-refractivity contribution is 0.411. The molecule has 0 spiro atoms. The lowest BCUT2D eigenvalue weighted by atomic mass is 9.88. The van der Waals surface area contributed by atoms with E-state index in [4.69, 9.17) is 7.16 Å². The normalized spacial score (nSPS) is 14.0. The van der Waals surface area contributed by atoms with Crippen molar-refractivity contribution in [3.05, 3.63) is 64.7 Å². The van der Waals surface area contributed by atoms with Crippen molar-refractivity contribution in [2.75, 3.05) is 0 Å². The number of benzene rings is 2. The summed E-state index contributed by atoms with van der Waals surface area (Å²) in [5, 5.41) is 3.41. The van der Waals surface area contributed by atoms with Crippen molar-refractivity contribution in [3.8, 4) is 11.3 Å². The van der Waals surface area contributed by atoms with E-state index < -0.39 is 11.8 Å². The number of pyridine rings is 1. The van der Waals surface area contributed by atoms with Crippen LogP contribution in [0.2, 0.25) is 0 Å². The van der Waals surface area contributed by atoms with Crippen LogP contribution >= 0.6 is 11.3 Å². The van der Waals surface area contributed by atoms with Crippen LogP contribution in [0.3, 0.4) is 0 Å². The van der Waals surface area contributed by atoms with Gasteiger partial charge in [-0.15, -0.1) is 11.3 Å². The summed E-state index contributed by atoms with van der Waals surface area (Å²) in [5.74, 6) is 0. The van der Waals surface area contributed by atoms with Crippen LogP contribution in [0.5, 0.6) is 0 Å². The Morgan fingerprint density at radius 3 is 2.66 bits per heavy atom. The molecule has 0 amide bonds. The summed E-state index contributed by atoms with van der Waals surface area (Å²) in [4.78, 5) is 5.91. The minimum atomic E-state index is -1.48. The van der Waals surface area contributed by atoms with Crippen LogP contribution in [-0.4, -0.2) is 4.98 Å². The second kappa shape index (κ2) is 6.43. The predicted molar refractivity (Wildman–Crippen MR) is 125 cm³/mol. The van der Waals surface area contributed by atoms with Gasteiger partial charge in [-0.1, -0.05) is 32.9 Å². The monoisotopic (exact) mass is 401 g/mol. The molecule has 5 rings (SSSR count). The summed E-state index contributed by atoms with van der Waals surface area (Å²) in [6.45, 7) is 10.1. The predicted octanol–water partition coefficient (Wildman–Crippen LogP) is 8.07. The first-order valence-electron chi connectivity index (χ1n) is 10.9. The van der Waals surface area contributed by atoms with Gasteiger partial charge in [-0.2, -0.15) is 0 Å². The Labute approximate surface area is 178 Å². The molecule has 0 fully saturated rings. The van der Waals surface area contributed by atoms with Gasteiger partial charge in [0.15, 0.2) is 0 Å². The molecule has 146 valence electrons. The molecule has 3 heteroatoms. The Morgan fingerprint density at radius 2 is 1.86 bits per heavy atom. The summed E-state index contributed by atoms with van der Waals surface area (Å²) in [6, 6.07) is 14.1. The summed E-state index contributed by atoms with van der Waals surface area (Å²) in [6.07, 6.45) is 0.212. The summed E-state index contributed by atoms with van der Waals surface area (Å²) >= 11 is 1.82. The quantitative estimate of drug-likeness (QED) is 0.299. The molecule has 0 radical (unpaired) electrons. The number of hydrogen-bond donors (Lipinski definition) is 0. The van der Waals surface area contributed by atoms with E-state index in [2.05, 4.69) is 37.0 Å². The van der Waals surface area contributed by atoms with Gasteiger partial charge < -0.3 is 4.42 Å². The first kappa shape index (κ1) is 16.2. The van der Waals surface area contributed by atoms with Crippen molar-refractivity contribution in [2.45, 2.75) is 41.0 Å². The van der Waals surface area contributed by atoms with Gasteiger partial charge in [0.05, 0.1) is 5.69 Å². The second-order valence-electron chi connectivity index (χ2n) is 8.72. The van der Waals surface area contributed by atoms with Crippen molar-refractivity contribution in [2.24, 2.45) is 5.41 Å². The third-order valence-corrected chi connectivity index (χ3v) is 6.52. The number of hydrogen-bond acceptors (Lipinski definition) is 3. The van der Waals surface area contributed by atoms with E-state index in [9.17, 15) is 0 Å². The first-order chi connectivity index (χ1) is 14.6. The van der Waals surface area contributed by atoms with E-state index in [-0.39, 0.29) is 0 Å². The smallest absolute Gasteiger partial charge is 0.144 e. The molecule has 0 aliphatic rings. The maximum atomic E-state index is 8.65. The van der Waals surface area contributed by atoms with E-state index in [1.54, 1.807) is 12.3 Å². The molecule has 2 nitrogen and oxygen atoms in total. The summed E-state index contributed by atoms with van der Waals surface area (Å²) in [5.41, 5.74) is 4.69. The Balaban J connectivity index is 1.74. The minimum absolute atomic E-state index is 0.529. The molecule has 5 aromatic rings. The Kier molecular flexibility index (Phi) is 3.59. The lowest BCUT2D eigenvalue weighted by Gasteiger charge is -2.18. The average Bonchev–Trinajstić information content (AvgIpc) is 3.22. The van der Waals surface area contributed by atoms with Gasteiger partial charge in [0, 0.05) is 34.9 Å². The molecule has 3 aromatic heterocycles. The second-order valence-corrected chi connectivity index (χ2v) is 9.97. The van der Waals surface area contributed by atoms with Crippen molar-refractivity contribution in [1.82, 2.24) is 4.98 Å². The Morgan fingerprint density at radius 1 is 1.03 bits per heavy atom. The number of nitrogens with zero attached hydrogens (tertiary/aromatic N) is 1. The molecule has 0 unspecified atom stereocenters. The fourth-order valence-electron chi connectivity index (χ4n) is 3.92. The van der Waals surface area contributed by atoms with Gasteiger partial charge in [0.2, 0.25) is 0 Å². The largest absolute Gasteiger partial charge is 0.455 e. The maximum absolute atomic E-state index is 8.65. The summed E-state index contributed by atoms with van der Waals surface area (Å²) < 4.78 is 24.9. The fraction of sp³-hybridized carbons (Fsp3) is 0.269. The molecule has 0 saturated heterocycles. The van der Waals surface area contributed by atoms with Gasteiger partial charge in [-0.3, -0.25) is 4.98 Å². The molecular formula is C26H25NOS. The number of aromatic nitrogens is 1. The zero-order valence-electron chi connectivity index (χ0n) is 19.4. The topological polar surface area (TPSA) is 26.0 Å². The molecule has 0 N–H and O–H groups in total. The van der Waals surface area contributed by atoms with Crippen LogP contribution in [0.4, 0.5) is 0 Å². The fourth-order valence-corrected chi connectivity index (χ4v) is 5.01. The van der Waals surface area contributed by atoms with E-state index >= 15 is 0 Å². The third kappa shape index (κ3) is 3.14. The van der Waals surface area contributed by atoms with Crippen LogP contribution in [0, 0.1) is 19.3 Å². The SMILES string of the molecule is [2H]C([2H])(c1ccnc(-c2cccc3c2oc2cc4c(C)c(C)sc4cc23)c1)C(C)(C)C. The molecule has 0 aliphatic heterocycles.